The molecule has 7 nitrogen and oxygen atoms in total. The fourth-order valence-electron chi connectivity index (χ4n) is 1.29. The molecule has 0 aromatic rings. The second-order valence-electron chi connectivity index (χ2n) is 3.21. The van der Waals surface area contributed by atoms with Crippen LogP contribution in [0.4, 0.5) is 0 Å². The van der Waals surface area contributed by atoms with Crippen LogP contribution in [0.15, 0.2) is 0 Å². The Morgan fingerprint density at radius 2 is 1.64 bits per heavy atom. The molecule has 1 heterocycles. The molecule has 0 aromatic heterocycles. The van der Waals surface area contributed by atoms with E-state index in [2.05, 4.69) is 4.74 Å². The van der Waals surface area contributed by atoms with E-state index in [-0.39, 0.29) is 0 Å². The van der Waals surface area contributed by atoms with Gasteiger partial charge in [0.2, 0.25) is 0 Å². The zero-order valence-corrected chi connectivity index (χ0v) is 7.26. The highest BCUT2D eigenvalue weighted by molar-refractivity contribution is 4.92. The zero-order chi connectivity index (χ0) is 10.9. The number of ether oxygens (including phenoxy) is 1. The Labute approximate surface area is 79.8 Å². The molecule has 0 spiro atoms. The molecular weight excluding hydrogens is 196 g/mol. The summed E-state index contributed by atoms with van der Waals surface area (Å²) >= 11 is 0. The van der Waals surface area contributed by atoms with Crippen molar-refractivity contribution in [2.45, 2.75) is 36.8 Å². The van der Waals surface area contributed by atoms with E-state index in [0.717, 1.165) is 0 Å². The minimum absolute atomic E-state index is 0.708. The van der Waals surface area contributed by atoms with Gasteiger partial charge < -0.3 is 35.4 Å². The van der Waals surface area contributed by atoms with Gasteiger partial charge in [0.05, 0.1) is 6.61 Å². The van der Waals surface area contributed by atoms with Crippen molar-refractivity contribution in [3.05, 3.63) is 0 Å². The molecule has 0 aliphatic carbocycles. The first-order chi connectivity index (χ1) is 6.49. The molecule has 6 N–H and O–H groups in total. The van der Waals surface area contributed by atoms with E-state index >= 15 is 0 Å². The van der Waals surface area contributed by atoms with Gasteiger partial charge in [0.25, 0.3) is 0 Å². The molecule has 84 valence electrons. The molecule has 1 rings (SSSR count). The SMILES string of the molecule is OC[C@@H](O)[C@@H](O)[C@@H]1OC(O)[C@@H](O)[C@H]1O. The Hall–Kier alpha value is -0.280. The molecule has 1 fully saturated rings. The van der Waals surface area contributed by atoms with Crippen LogP contribution in [-0.4, -0.2) is 74.1 Å². The molecule has 0 radical (unpaired) electrons. The second-order valence-corrected chi connectivity index (χ2v) is 3.21. The maximum atomic E-state index is 9.31. The molecule has 0 saturated carbocycles. The lowest BCUT2D eigenvalue weighted by Crippen LogP contribution is -2.46. The lowest BCUT2D eigenvalue weighted by atomic mass is 10.0. The standard InChI is InChI=1S/C7H14O7/c8-1-2(9)3(10)6-4(11)5(12)7(13)14-6/h2-13H,1H2/t2-,3-,4-,5+,6+,7?/m1/s1. The van der Waals surface area contributed by atoms with E-state index in [1.807, 2.05) is 0 Å². The molecule has 1 unspecified atom stereocenters. The van der Waals surface area contributed by atoms with Gasteiger partial charge in [-0.05, 0) is 0 Å². The highest BCUT2D eigenvalue weighted by Crippen LogP contribution is 2.23. The normalized spacial score (nSPS) is 42.4. The van der Waals surface area contributed by atoms with Crippen LogP contribution >= 0.6 is 0 Å². The number of rotatable bonds is 3. The van der Waals surface area contributed by atoms with Gasteiger partial charge in [0.15, 0.2) is 6.29 Å². The van der Waals surface area contributed by atoms with Crippen molar-refractivity contribution in [1.82, 2.24) is 0 Å². The van der Waals surface area contributed by atoms with Gasteiger partial charge in [-0.15, -0.1) is 0 Å². The first-order valence-electron chi connectivity index (χ1n) is 4.15. The van der Waals surface area contributed by atoms with Crippen LogP contribution in [0.3, 0.4) is 0 Å². The van der Waals surface area contributed by atoms with Crippen molar-refractivity contribution in [1.29, 1.82) is 0 Å². The average Bonchev–Trinajstić information content (AvgIpc) is 2.43. The van der Waals surface area contributed by atoms with Crippen LogP contribution in [0, 0.1) is 0 Å². The monoisotopic (exact) mass is 210 g/mol. The van der Waals surface area contributed by atoms with Crippen LogP contribution in [0.2, 0.25) is 0 Å². The molecule has 1 aliphatic heterocycles. The van der Waals surface area contributed by atoms with Gasteiger partial charge in [-0.25, -0.2) is 0 Å². The smallest absolute Gasteiger partial charge is 0.184 e. The summed E-state index contributed by atoms with van der Waals surface area (Å²) in [5.74, 6) is 0. The lowest BCUT2D eigenvalue weighted by molar-refractivity contribution is -0.164. The quantitative estimate of drug-likeness (QED) is 0.281. The molecule has 14 heavy (non-hydrogen) atoms. The average molecular weight is 210 g/mol. The second kappa shape index (κ2) is 4.49. The van der Waals surface area contributed by atoms with Crippen molar-refractivity contribution >= 4 is 0 Å². The Bertz CT molecular complexity index is 187. The molecule has 6 atom stereocenters. The summed E-state index contributed by atoms with van der Waals surface area (Å²) in [6.07, 6.45) is -9.01. The van der Waals surface area contributed by atoms with Gasteiger partial charge in [-0.3, -0.25) is 0 Å². The van der Waals surface area contributed by atoms with Crippen molar-refractivity contribution in [3.63, 3.8) is 0 Å². The zero-order valence-electron chi connectivity index (χ0n) is 7.26. The predicted molar refractivity (Wildman–Crippen MR) is 42.0 cm³/mol. The van der Waals surface area contributed by atoms with E-state index < -0.39 is 43.4 Å². The minimum atomic E-state index is -1.60. The van der Waals surface area contributed by atoms with Gasteiger partial charge in [-0.2, -0.15) is 0 Å². The molecule has 1 saturated heterocycles. The third kappa shape index (κ3) is 2.04. The highest BCUT2D eigenvalue weighted by atomic mass is 16.6. The third-order valence-corrected chi connectivity index (χ3v) is 2.19. The van der Waals surface area contributed by atoms with Crippen molar-refractivity contribution in [3.8, 4) is 0 Å². The van der Waals surface area contributed by atoms with E-state index in [0.29, 0.717) is 0 Å². The Morgan fingerprint density at radius 1 is 1.07 bits per heavy atom. The summed E-state index contributed by atoms with van der Waals surface area (Å²) < 4.78 is 4.61. The molecule has 0 aromatic carbocycles. The predicted octanol–water partition coefficient (Wildman–Crippen LogP) is -3.86. The van der Waals surface area contributed by atoms with Gasteiger partial charge >= 0.3 is 0 Å². The topological polar surface area (TPSA) is 131 Å². The first kappa shape index (κ1) is 11.8. The Kier molecular flexibility index (Phi) is 3.78. The van der Waals surface area contributed by atoms with Crippen LogP contribution in [0.25, 0.3) is 0 Å². The van der Waals surface area contributed by atoms with Gasteiger partial charge in [-0.1, -0.05) is 0 Å². The van der Waals surface area contributed by atoms with E-state index in [4.69, 9.17) is 20.4 Å². The molecule has 7 heteroatoms. The van der Waals surface area contributed by atoms with E-state index in [1.165, 1.54) is 0 Å². The third-order valence-electron chi connectivity index (χ3n) is 2.19. The molecule has 1 aliphatic rings. The summed E-state index contributed by atoms with van der Waals surface area (Å²) in [7, 11) is 0. The fourth-order valence-corrected chi connectivity index (χ4v) is 1.29. The number of aliphatic hydroxyl groups excluding tert-OH is 6. The Morgan fingerprint density at radius 3 is 2.00 bits per heavy atom. The summed E-state index contributed by atoms with van der Waals surface area (Å²) in [5, 5.41) is 54.1. The summed E-state index contributed by atoms with van der Waals surface area (Å²) in [6, 6.07) is 0. The summed E-state index contributed by atoms with van der Waals surface area (Å²) in [6.45, 7) is -0.708. The maximum Gasteiger partial charge on any atom is 0.184 e. The highest BCUT2D eigenvalue weighted by Gasteiger charge is 2.46. The minimum Gasteiger partial charge on any atom is -0.394 e. The summed E-state index contributed by atoms with van der Waals surface area (Å²) in [5.41, 5.74) is 0. The Balaban J connectivity index is 2.61. The van der Waals surface area contributed by atoms with Crippen LogP contribution in [0.5, 0.6) is 0 Å². The van der Waals surface area contributed by atoms with Crippen molar-refractivity contribution < 1.29 is 35.4 Å². The molecule has 0 amide bonds. The first-order valence-corrected chi connectivity index (χ1v) is 4.15. The van der Waals surface area contributed by atoms with Gasteiger partial charge in [0, 0.05) is 0 Å². The van der Waals surface area contributed by atoms with Crippen molar-refractivity contribution in [2.24, 2.45) is 0 Å². The fraction of sp³-hybridized carbons (Fsp3) is 1.00. The molecule has 0 bridgehead atoms. The molecular formula is C7H14O7. The van der Waals surface area contributed by atoms with Crippen LogP contribution in [0.1, 0.15) is 0 Å². The van der Waals surface area contributed by atoms with E-state index in [1.54, 1.807) is 0 Å². The maximum absolute atomic E-state index is 9.31. The van der Waals surface area contributed by atoms with Crippen molar-refractivity contribution in [2.75, 3.05) is 6.61 Å². The summed E-state index contributed by atoms with van der Waals surface area (Å²) in [4.78, 5) is 0. The van der Waals surface area contributed by atoms with Crippen LogP contribution < -0.4 is 0 Å². The number of aliphatic hydroxyl groups is 6. The van der Waals surface area contributed by atoms with Gasteiger partial charge in [0.1, 0.15) is 30.5 Å². The number of hydrogen-bond acceptors (Lipinski definition) is 7. The van der Waals surface area contributed by atoms with E-state index in [9.17, 15) is 10.2 Å². The lowest BCUT2D eigenvalue weighted by Gasteiger charge is -2.23. The van der Waals surface area contributed by atoms with Crippen LogP contribution in [-0.2, 0) is 4.74 Å². The largest absolute Gasteiger partial charge is 0.394 e. The number of hydrogen-bond donors (Lipinski definition) is 6.